The Kier molecular flexibility index (Phi) is 7.79. The van der Waals surface area contributed by atoms with Crippen LogP contribution in [0.5, 0.6) is 0 Å². The molecular formula is C17H24N2O5S. The molecule has 3 N–H and O–H groups in total. The second-order valence-corrected chi connectivity index (χ2v) is 7.34. The van der Waals surface area contributed by atoms with Crippen LogP contribution in [0.25, 0.3) is 0 Å². The van der Waals surface area contributed by atoms with Crippen molar-refractivity contribution in [2.75, 3.05) is 0 Å². The molecule has 1 amide bonds. The van der Waals surface area contributed by atoms with Gasteiger partial charge in [0.25, 0.3) is 5.91 Å². The summed E-state index contributed by atoms with van der Waals surface area (Å²) >= 11 is 0. The van der Waals surface area contributed by atoms with Crippen molar-refractivity contribution in [1.29, 1.82) is 0 Å². The first-order valence-electron chi connectivity index (χ1n) is 7.98. The van der Waals surface area contributed by atoms with E-state index in [1.54, 1.807) is 26.0 Å². The van der Waals surface area contributed by atoms with Gasteiger partial charge in [0.05, 0.1) is 4.90 Å². The molecule has 25 heavy (non-hydrogen) atoms. The average molecular weight is 368 g/mol. The molecule has 1 aromatic rings. The standard InChI is InChI=1S/C17H24N2O5S/c1-4-6-7-15(17(21)22)18-16(20)13-8-10-14(11-9-13)25(23,24)19-12(3)5-2/h4,6,8-12,15,19H,5,7H2,1-3H3,(H,18,20)(H,21,22)/b6-4+. The molecule has 0 aliphatic rings. The molecule has 1 rings (SSSR count). The number of aliphatic carboxylic acids is 1. The number of benzene rings is 1. The maximum absolute atomic E-state index is 12.2. The van der Waals surface area contributed by atoms with E-state index in [1.807, 2.05) is 6.92 Å². The molecule has 0 bridgehead atoms. The smallest absolute Gasteiger partial charge is 0.326 e. The van der Waals surface area contributed by atoms with Crippen LogP contribution in [0.1, 0.15) is 44.0 Å². The van der Waals surface area contributed by atoms with E-state index in [0.29, 0.717) is 6.42 Å². The number of carbonyl (C=O) groups excluding carboxylic acids is 1. The molecule has 0 radical (unpaired) electrons. The third-order valence-corrected chi connectivity index (χ3v) is 5.21. The zero-order valence-corrected chi connectivity index (χ0v) is 15.3. The summed E-state index contributed by atoms with van der Waals surface area (Å²) in [7, 11) is -3.65. The van der Waals surface area contributed by atoms with Crippen LogP contribution in [0.3, 0.4) is 0 Å². The number of carbonyl (C=O) groups is 2. The first kappa shape index (κ1) is 20.9. The van der Waals surface area contributed by atoms with Gasteiger partial charge in [0.2, 0.25) is 10.0 Å². The lowest BCUT2D eigenvalue weighted by Crippen LogP contribution is -2.40. The van der Waals surface area contributed by atoms with Crippen molar-refractivity contribution in [3.8, 4) is 0 Å². The minimum atomic E-state index is -3.65. The van der Waals surface area contributed by atoms with Crippen LogP contribution in [0.4, 0.5) is 0 Å². The zero-order valence-electron chi connectivity index (χ0n) is 14.5. The highest BCUT2D eigenvalue weighted by Crippen LogP contribution is 2.12. The summed E-state index contributed by atoms with van der Waals surface area (Å²) in [5, 5.41) is 11.5. The lowest BCUT2D eigenvalue weighted by molar-refractivity contribution is -0.139. The van der Waals surface area contributed by atoms with E-state index in [-0.39, 0.29) is 22.9 Å². The molecule has 0 aliphatic carbocycles. The van der Waals surface area contributed by atoms with Crippen molar-refractivity contribution in [1.82, 2.24) is 10.0 Å². The minimum absolute atomic E-state index is 0.0491. The number of rotatable bonds is 9. The first-order chi connectivity index (χ1) is 11.7. The van der Waals surface area contributed by atoms with Crippen molar-refractivity contribution < 1.29 is 23.1 Å². The fraction of sp³-hybridized carbons (Fsp3) is 0.412. The SMILES string of the molecule is C/C=C/CC(NC(=O)c1ccc(S(=O)(=O)NC(C)CC)cc1)C(=O)O. The number of carboxylic acids is 1. The Morgan fingerprint density at radius 1 is 1.24 bits per heavy atom. The van der Waals surface area contributed by atoms with E-state index in [4.69, 9.17) is 5.11 Å². The van der Waals surface area contributed by atoms with Gasteiger partial charge in [-0.25, -0.2) is 17.9 Å². The highest BCUT2D eigenvalue weighted by Gasteiger charge is 2.20. The third kappa shape index (κ3) is 6.32. The van der Waals surface area contributed by atoms with Crippen LogP contribution < -0.4 is 10.0 Å². The predicted octanol–water partition coefficient (Wildman–Crippen LogP) is 1.91. The predicted molar refractivity (Wildman–Crippen MR) is 94.8 cm³/mol. The van der Waals surface area contributed by atoms with Crippen molar-refractivity contribution in [2.24, 2.45) is 0 Å². The van der Waals surface area contributed by atoms with Crippen LogP contribution in [0.2, 0.25) is 0 Å². The molecule has 0 heterocycles. The van der Waals surface area contributed by atoms with E-state index < -0.39 is 27.9 Å². The Morgan fingerprint density at radius 3 is 2.32 bits per heavy atom. The Balaban J connectivity index is 2.87. The maximum atomic E-state index is 12.2. The van der Waals surface area contributed by atoms with Crippen LogP contribution in [0.15, 0.2) is 41.3 Å². The number of nitrogens with one attached hydrogen (secondary N) is 2. The van der Waals surface area contributed by atoms with Gasteiger partial charge in [-0.15, -0.1) is 0 Å². The second kappa shape index (κ2) is 9.33. The molecule has 0 saturated heterocycles. The molecule has 0 aromatic heterocycles. The van der Waals surface area contributed by atoms with Crippen molar-refractivity contribution >= 4 is 21.9 Å². The number of hydrogen-bond donors (Lipinski definition) is 3. The second-order valence-electron chi connectivity index (χ2n) is 5.62. The molecule has 0 saturated carbocycles. The fourth-order valence-corrected chi connectivity index (χ4v) is 3.26. The molecule has 8 heteroatoms. The summed E-state index contributed by atoms with van der Waals surface area (Å²) in [5.41, 5.74) is 0.189. The topological polar surface area (TPSA) is 113 Å². The van der Waals surface area contributed by atoms with Gasteiger partial charge < -0.3 is 10.4 Å². The molecule has 0 spiro atoms. The van der Waals surface area contributed by atoms with E-state index >= 15 is 0 Å². The van der Waals surface area contributed by atoms with Crippen LogP contribution >= 0.6 is 0 Å². The largest absolute Gasteiger partial charge is 0.480 e. The average Bonchev–Trinajstić information content (AvgIpc) is 2.57. The number of amides is 1. The normalized spacial score (nSPS) is 14.2. The molecular weight excluding hydrogens is 344 g/mol. The van der Waals surface area contributed by atoms with Crippen molar-refractivity contribution in [3.05, 3.63) is 42.0 Å². The molecule has 0 aliphatic heterocycles. The molecule has 2 atom stereocenters. The fourth-order valence-electron chi connectivity index (χ4n) is 1.94. The molecule has 7 nitrogen and oxygen atoms in total. The Hall–Kier alpha value is -2.19. The van der Waals surface area contributed by atoms with Gasteiger partial charge >= 0.3 is 5.97 Å². The van der Waals surface area contributed by atoms with Crippen LogP contribution in [0, 0.1) is 0 Å². The Morgan fingerprint density at radius 2 is 1.84 bits per heavy atom. The summed E-state index contributed by atoms with van der Waals surface area (Å²) in [6, 6.07) is 4.11. The summed E-state index contributed by atoms with van der Waals surface area (Å²) in [4.78, 5) is 23.3. The van der Waals surface area contributed by atoms with Crippen LogP contribution in [-0.4, -0.2) is 37.5 Å². The highest BCUT2D eigenvalue weighted by atomic mass is 32.2. The molecule has 1 aromatic carbocycles. The molecule has 138 valence electrons. The lowest BCUT2D eigenvalue weighted by atomic mass is 10.1. The quantitative estimate of drug-likeness (QED) is 0.576. The zero-order chi connectivity index (χ0) is 19.0. The van der Waals surface area contributed by atoms with E-state index in [9.17, 15) is 18.0 Å². The highest BCUT2D eigenvalue weighted by molar-refractivity contribution is 7.89. The number of carboxylic acid groups (broad SMARTS) is 1. The maximum Gasteiger partial charge on any atom is 0.326 e. The lowest BCUT2D eigenvalue weighted by Gasteiger charge is -2.14. The van der Waals surface area contributed by atoms with E-state index in [0.717, 1.165) is 0 Å². The Labute approximate surface area is 148 Å². The number of sulfonamides is 1. The monoisotopic (exact) mass is 368 g/mol. The number of hydrogen-bond acceptors (Lipinski definition) is 4. The van der Waals surface area contributed by atoms with Gasteiger partial charge in [0, 0.05) is 11.6 Å². The van der Waals surface area contributed by atoms with Gasteiger partial charge in [0.1, 0.15) is 6.04 Å². The molecule has 0 fully saturated rings. The first-order valence-corrected chi connectivity index (χ1v) is 9.46. The van der Waals surface area contributed by atoms with Gasteiger partial charge in [-0.2, -0.15) is 0 Å². The van der Waals surface area contributed by atoms with Crippen LogP contribution in [-0.2, 0) is 14.8 Å². The van der Waals surface area contributed by atoms with Crippen molar-refractivity contribution in [3.63, 3.8) is 0 Å². The summed E-state index contributed by atoms with van der Waals surface area (Å²) in [6.45, 7) is 5.39. The Bertz CT molecular complexity index is 726. The summed E-state index contributed by atoms with van der Waals surface area (Å²) in [6.07, 6.45) is 4.17. The van der Waals surface area contributed by atoms with E-state index in [1.165, 1.54) is 24.3 Å². The van der Waals surface area contributed by atoms with Crippen molar-refractivity contribution in [2.45, 2.75) is 50.6 Å². The van der Waals surface area contributed by atoms with E-state index in [2.05, 4.69) is 10.0 Å². The van der Waals surface area contributed by atoms with Gasteiger partial charge in [0.15, 0.2) is 0 Å². The van der Waals surface area contributed by atoms with Gasteiger partial charge in [-0.3, -0.25) is 4.79 Å². The minimum Gasteiger partial charge on any atom is -0.480 e. The summed E-state index contributed by atoms with van der Waals surface area (Å²) < 4.78 is 26.9. The van der Waals surface area contributed by atoms with Gasteiger partial charge in [-0.1, -0.05) is 19.1 Å². The van der Waals surface area contributed by atoms with Gasteiger partial charge in [-0.05, 0) is 51.0 Å². The third-order valence-electron chi connectivity index (χ3n) is 3.61. The summed E-state index contributed by atoms with van der Waals surface area (Å²) in [5.74, 6) is -1.71. The number of allylic oxidation sites excluding steroid dienone is 1. The molecule has 2 unspecified atom stereocenters.